The zero-order valence-electron chi connectivity index (χ0n) is 8.18. The average Bonchev–Trinajstić information content (AvgIpc) is 2.16. The number of halogens is 2. The van der Waals surface area contributed by atoms with Crippen molar-refractivity contribution in [2.45, 2.75) is 13.3 Å². The van der Waals surface area contributed by atoms with Crippen molar-refractivity contribution >= 4 is 21.7 Å². The Morgan fingerprint density at radius 3 is 2.80 bits per heavy atom. The van der Waals surface area contributed by atoms with Gasteiger partial charge in [-0.25, -0.2) is 4.39 Å². The van der Waals surface area contributed by atoms with Gasteiger partial charge in [-0.2, -0.15) is 0 Å². The molecule has 0 atom stereocenters. The predicted molar refractivity (Wildman–Crippen MR) is 58.5 cm³/mol. The summed E-state index contributed by atoms with van der Waals surface area (Å²) < 4.78 is 13.5. The maximum absolute atomic E-state index is 13.3. The van der Waals surface area contributed by atoms with E-state index in [1.165, 1.54) is 6.92 Å². The monoisotopic (exact) mass is 275 g/mol. The third-order valence-electron chi connectivity index (χ3n) is 2.10. The number of carbonyl (C=O) groups is 1. The summed E-state index contributed by atoms with van der Waals surface area (Å²) in [6, 6.07) is 1.13. The molecule has 0 amide bonds. The highest BCUT2D eigenvalue weighted by Gasteiger charge is 2.19. The van der Waals surface area contributed by atoms with Crippen molar-refractivity contribution in [3.63, 3.8) is 0 Å². The fourth-order valence-corrected chi connectivity index (χ4v) is 1.70. The SMILES string of the molecule is Cc1c(F)cc(Br)c(O)c1C(=O)CCN. The van der Waals surface area contributed by atoms with E-state index < -0.39 is 5.82 Å². The molecule has 0 fully saturated rings. The van der Waals surface area contributed by atoms with E-state index in [1.54, 1.807) is 0 Å². The second-order valence-corrected chi connectivity index (χ2v) is 4.01. The van der Waals surface area contributed by atoms with Crippen LogP contribution < -0.4 is 5.73 Å². The van der Waals surface area contributed by atoms with Crippen molar-refractivity contribution < 1.29 is 14.3 Å². The highest BCUT2D eigenvalue weighted by Crippen LogP contribution is 2.32. The summed E-state index contributed by atoms with van der Waals surface area (Å²) in [4.78, 5) is 11.6. The Balaban J connectivity index is 3.32. The molecular weight excluding hydrogens is 265 g/mol. The summed E-state index contributed by atoms with van der Waals surface area (Å²) in [5.41, 5.74) is 5.39. The molecule has 0 aliphatic carbocycles. The number of hydrogen-bond acceptors (Lipinski definition) is 3. The molecule has 3 nitrogen and oxygen atoms in total. The molecule has 15 heavy (non-hydrogen) atoms. The van der Waals surface area contributed by atoms with Gasteiger partial charge in [-0.05, 0) is 41.0 Å². The van der Waals surface area contributed by atoms with Gasteiger partial charge in [0.05, 0.1) is 10.0 Å². The molecule has 82 valence electrons. The van der Waals surface area contributed by atoms with Gasteiger partial charge in [0.1, 0.15) is 11.6 Å². The smallest absolute Gasteiger partial charge is 0.168 e. The summed E-state index contributed by atoms with van der Waals surface area (Å²) in [6.07, 6.45) is 0.0876. The zero-order chi connectivity index (χ0) is 11.6. The number of rotatable bonds is 3. The van der Waals surface area contributed by atoms with E-state index in [-0.39, 0.29) is 40.1 Å². The minimum atomic E-state index is -0.528. The molecule has 0 aliphatic heterocycles. The van der Waals surface area contributed by atoms with Crippen LogP contribution in [0.1, 0.15) is 22.3 Å². The Hall–Kier alpha value is -0.940. The maximum atomic E-state index is 13.3. The van der Waals surface area contributed by atoms with Crippen LogP contribution in [0.4, 0.5) is 4.39 Å². The number of phenols is 1. The van der Waals surface area contributed by atoms with Crippen molar-refractivity contribution in [1.29, 1.82) is 0 Å². The average molecular weight is 276 g/mol. The number of hydrogen-bond donors (Lipinski definition) is 2. The molecule has 0 heterocycles. The molecule has 0 saturated carbocycles. The molecule has 0 bridgehead atoms. The van der Waals surface area contributed by atoms with Gasteiger partial charge >= 0.3 is 0 Å². The van der Waals surface area contributed by atoms with Crippen molar-refractivity contribution in [1.82, 2.24) is 0 Å². The number of phenolic OH excluding ortho intramolecular Hbond substituents is 1. The van der Waals surface area contributed by atoms with Crippen molar-refractivity contribution in [2.75, 3.05) is 6.54 Å². The maximum Gasteiger partial charge on any atom is 0.168 e. The number of Topliss-reactive ketones (excluding diaryl/α,β-unsaturated/α-hetero) is 1. The molecule has 1 aromatic carbocycles. The molecule has 0 radical (unpaired) electrons. The molecular formula is C10H11BrFNO2. The highest BCUT2D eigenvalue weighted by molar-refractivity contribution is 9.10. The van der Waals surface area contributed by atoms with Crippen LogP contribution in [0.25, 0.3) is 0 Å². The quantitative estimate of drug-likeness (QED) is 0.831. The van der Waals surface area contributed by atoms with E-state index in [9.17, 15) is 14.3 Å². The van der Waals surface area contributed by atoms with Gasteiger partial charge in [-0.3, -0.25) is 4.79 Å². The van der Waals surface area contributed by atoms with E-state index in [0.29, 0.717) is 0 Å². The second-order valence-electron chi connectivity index (χ2n) is 3.15. The summed E-state index contributed by atoms with van der Waals surface area (Å²) in [5.74, 6) is -1.11. The molecule has 0 unspecified atom stereocenters. The lowest BCUT2D eigenvalue weighted by atomic mass is 10.0. The number of nitrogens with two attached hydrogens (primary N) is 1. The second kappa shape index (κ2) is 4.72. The van der Waals surface area contributed by atoms with Gasteiger partial charge in [0.25, 0.3) is 0 Å². The van der Waals surface area contributed by atoms with E-state index >= 15 is 0 Å². The number of carbonyl (C=O) groups excluding carboxylic acids is 1. The topological polar surface area (TPSA) is 63.3 Å². The van der Waals surface area contributed by atoms with Crippen LogP contribution >= 0.6 is 15.9 Å². The Bertz CT molecular complexity index is 381. The van der Waals surface area contributed by atoms with E-state index in [0.717, 1.165) is 6.07 Å². The first-order valence-corrected chi connectivity index (χ1v) is 5.19. The first kappa shape index (κ1) is 12.1. The largest absolute Gasteiger partial charge is 0.506 e. The molecule has 0 aromatic heterocycles. The van der Waals surface area contributed by atoms with E-state index in [4.69, 9.17) is 5.73 Å². The Morgan fingerprint density at radius 2 is 2.27 bits per heavy atom. The first-order chi connectivity index (χ1) is 6.99. The molecule has 0 saturated heterocycles. The Morgan fingerprint density at radius 1 is 1.67 bits per heavy atom. The van der Waals surface area contributed by atoms with E-state index in [2.05, 4.69) is 15.9 Å². The first-order valence-electron chi connectivity index (χ1n) is 4.39. The van der Waals surface area contributed by atoms with Gasteiger partial charge < -0.3 is 10.8 Å². The minimum absolute atomic E-state index is 0.00678. The van der Waals surface area contributed by atoms with Crippen molar-refractivity contribution in [2.24, 2.45) is 5.73 Å². The normalized spacial score (nSPS) is 10.4. The van der Waals surface area contributed by atoms with Gasteiger partial charge in [0.15, 0.2) is 5.78 Å². The van der Waals surface area contributed by atoms with Crippen LogP contribution in [0, 0.1) is 12.7 Å². The highest BCUT2D eigenvalue weighted by atomic mass is 79.9. The number of aromatic hydroxyl groups is 1. The third-order valence-corrected chi connectivity index (χ3v) is 2.70. The van der Waals surface area contributed by atoms with Crippen LogP contribution in [0.15, 0.2) is 10.5 Å². The number of benzene rings is 1. The van der Waals surface area contributed by atoms with Gasteiger partial charge in [-0.1, -0.05) is 0 Å². The van der Waals surface area contributed by atoms with E-state index in [1.807, 2.05) is 0 Å². The van der Waals surface area contributed by atoms with Gasteiger partial charge in [0.2, 0.25) is 0 Å². The van der Waals surface area contributed by atoms with Crippen LogP contribution in [-0.2, 0) is 0 Å². The summed E-state index contributed by atoms with van der Waals surface area (Å²) in [6.45, 7) is 1.62. The third kappa shape index (κ3) is 2.35. The fraction of sp³-hybridized carbons (Fsp3) is 0.300. The van der Waals surface area contributed by atoms with Crippen molar-refractivity contribution in [3.05, 3.63) is 27.5 Å². The lowest BCUT2D eigenvalue weighted by Gasteiger charge is -2.09. The predicted octanol–water partition coefficient (Wildman–Crippen LogP) is 2.13. The molecule has 1 aromatic rings. The Labute approximate surface area is 95.2 Å². The number of ketones is 1. The Kier molecular flexibility index (Phi) is 3.82. The lowest BCUT2D eigenvalue weighted by molar-refractivity contribution is 0.0981. The minimum Gasteiger partial charge on any atom is -0.506 e. The van der Waals surface area contributed by atoms with Gasteiger partial charge in [0, 0.05) is 6.42 Å². The van der Waals surface area contributed by atoms with Crippen LogP contribution in [-0.4, -0.2) is 17.4 Å². The fourth-order valence-electron chi connectivity index (χ4n) is 1.30. The molecule has 5 heteroatoms. The van der Waals surface area contributed by atoms with Gasteiger partial charge in [-0.15, -0.1) is 0 Å². The molecule has 0 aliphatic rings. The zero-order valence-corrected chi connectivity index (χ0v) is 9.77. The summed E-state index contributed by atoms with van der Waals surface area (Å²) in [5, 5.41) is 9.62. The summed E-state index contributed by atoms with van der Waals surface area (Å²) >= 11 is 2.98. The van der Waals surface area contributed by atoms with Crippen LogP contribution in [0.5, 0.6) is 5.75 Å². The molecule has 0 spiro atoms. The van der Waals surface area contributed by atoms with Crippen LogP contribution in [0.3, 0.4) is 0 Å². The van der Waals surface area contributed by atoms with Crippen molar-refractivity contribution in [3.8, 4) is 5.75 Å². The molecule has 1 rings (SSSR count). The lowest BCUT2D eigenvalue weighted by Crippen LogP contribution is -2.10. The molecule has 3 N–H and O–H groups in total. The van der Waals surface area contributed by atoms with Crippen LogP contribution in [0.2, 0.25) is 0 Å². The summed E-state index contributed by atoms with van der Waals surface area (Å²) in [7, 11) is 0. The standard InChI is InChI=1S/C10H11BrFNO2/c1-5-7(12)4-6(11)10(15)9(5)8(14)2-3-13/h4,15H,2-3,13H2,1H3.